The molecule has 2 heterocycles. The van der Waals surface area contributed by atoms with Crippen LogP contribution in [0.2, 0.25) is 0 Å². The molecule has 0 aliphatic rings. The quantitative estimate of drug-likeness (QED) is 0.0767. The van der Waals surface area contributed by atoms with Crippen molar-refractivity contribution in [3.8, 4) is 0 Å². The normalized spacial score (nSPS) is 12.7. The predicted octanol–water partition coefficient (Wildman–Crippen LogP) is 11.3. The molecule has 0 saturated carbocycles. The van der Waals surface area contributed by atoms with Crippen molar-refractivity contribution < 1.29 is 25.7 Å². The van der Waals surface area contributed by atoms with Crippen LogP contribution in [-0.2, 0) is 19.7 Å². The Morgan fingerprint density at radius 2 is 0.739 bits per heavy atom. The van der Waals surface area contributed by atoms with Crippen molar-refractivity contribution in [3.05, 3.63) is 48.5 Å². The van der Waals surface area contributed by atoms with E-state index in [0.29, 0.717) is 35.2 Å². The second-order valence-corrected chi connectivity index (χ2v) is 17.2. The lowest BCUT2D eigenvalue weighted by atomic mass is 10.1. The average Bonchev–Trinajstić information content (AvgIpc) is 3.58. The molecule has 0 N–H and O–H groups in total. The van der Waals surface area contributed by atoms with E-state index < -0.39 is 19.7 Å². The van der Waals surface area contributed by atoms with Crippen molar-refractivity contribution >= 4 is 63.6 Å². The van der Waals surface area contributed by atoms with E-state index in [1.807, 2.05) is 24.3 Å². The van der Waals surface area contributed by atoms with Gasteiger partial charge in [0.1, 0.15) is 22.3 Å². The minimum atomic E-state index is -3.40. The summed E-state index contributed by atoms with van der Waals surface area (Å²) in [4.78, 5) is 0.578. The fourth-order valence-electron chi connectivity index (χ4n) is 6.48. The second-order valence-electron chi connectivity index (χ2n) is 13.0. The number of benzene rings is 3. The van der Waals surface area contributed by atoms with E-state index in [1.54, 1.807) is 24.3 Å². The third-order valence-electron chi connectivity index (χ3n) is 9.26. The minimum absolute atomic E-state index is 0.142. The van der Waals surface area contributed by atoms with Crippen molar-refractivity contribution in [2.24, 2.45) is 0 Å². The number of rotatable bonds is 20. The van der Waals surface area contributed by atoms with Gasteiger partial charge in [0.15, 0.2) is 19.7 Å². The van der Waals surface area contributed by atoms with Gasteiger partial charge < -0.3 is 8.83 Å². The molecule has 0 spiro atoms. The van der Waals surface area contributed by atoms with Crippen molar-refractivity contribution in [2.45, 2.75) is 126 Å². The molecule has 0 atom stereocenters. The average molecular weight is 667 g/mol. The van der Waals surface area contributed by atoms with Crippen molar-refractivity contribution in [2.75, 3.05) is 11.5 Å². The van der Waals surface area contributed by atoms with Gasteiger partial charge in [0.05, 0.1) is 21.3 Å². The molecule has 2 aromatic heterocycles. The third-order valence-corrected chi connectivity index (χ3v) is 12.9. The summed E-state index contributed by atoms with van der Waals surface area (Å²) in [5.74, 6) is 0.285. The maximum atomic E-state index is 13.1. The molecule has 3 aromatic carbocycles. The van der Waals surface area contributed by atoms with Gasteiger partial charge in [-0.2, -0.15) is 0 Å². The van der Waals surface area contributed by atoms with Crippen LogP contribution in [0.1, 0.15) is 117 Å². The SMILES string of the molecule is CCCCCCCCCCS(=O)(=O)c1ccc2c(c1)oc1cc3c(cc12)oc1cc(S(=O)(=O)CCCCCCCCCC)ccc13. The van der Waals surface area contributed by atoms with Gasteiger partial charge in [-0.25, -0.2) is 16.8 Å². The van der Waals surface area contributed by atoms with Gasteiger partial charge in [0.2, 0.25) is 0 Å². The van der Waals surface area contributed by atoms with Crippen molar-refractivity contribution in [3.63, 3.8) is 0 Å². The van der Waals surface area contributed by atoms with Crippen LogP contribution in [0.5, 0.6) is 0 Å². The fraction of sp³-hybridized carbons (Fsp3) is 0.526. The molecule has 0 fully saturated rings. The molecule has 0 bridgehead atoms. The van der Waals surface area contributed by atoms with Crippen molar-refractivity contribution in [1.82, 2.24) is 0 Å². The van der Waals surface area contributed by atoms with Gasteiger partial charge in [-0.1, -0.05) is 104 Å². The molecule has 46 heavy (non-hydrogen) atoms. The van der Waals surface area contributed by atoms with Gasteiger partial charge in [0, 0.05) is 33.7 Å². The predicted molar refractivity (Wildman–Crippen MR) is 190 cm³/mol. The number of fused-ring (bicyclic) bond motifs is 6. The Morgan fingerprint density at radius 3 is 1.11 bits per heavy atom. The first-order valence-electron chi connectivity index (χ1n) is 17.5. The Morgan fingerprint density at radius 1 is 0.413 bits per heavy atom. The van der Waals surface area contributed by atoms with Crippen LogP contribution in [0, 0.1) is 0 Å². The Balaban J connectivity index is 1.26. The highest BCUT2D eigenvalue weighted by molar-refractivity contribution is 7.91. The first kappa shape index (κ1) is 34.5. The largest absolute Gasteiger partial charge is 0.456 e. The fourth-order valence-corrected chi connectivity index (χ4v) is 9.24. The highest BCUT2D eigenvalue weighted by Crippen LogP contribution is 2.38. The third kappa shape index (κ3) is 8.35. The molecule has 250 valence electrons. The Kier molecular flexibility index (Phi) is 11.9. The van der Waals surface area contributed by atoms with Crippen LogP contribution in [0.15, 0.2) is 67.2 Å². The summed E-state index contributed by atoms with van der Waals surface area (Å²) in [6.45, 7) is 4.41. The maximum absolute atomic E-state index is 13.1. The summed E-state index contributed by atoms with van der Waals surface area (Å²) in [6, 6.07) is 14.0. The Bertz CT molecular complexity index is 1820. The van der Waals surface area contributed by atoms with Gasteiger partial charge >= 0.3 is 0 Å². The van der Waals surface area contributed by atoms with E-state index in [1.165, 1.54) is 64.2 Å². The van der Waals surface area contributed by atoms with Gasteiger partial charge in [-0.05, 0) is 49.2 Å². The lowest BCUT2D eigenvalue weighted by Gasteiger charge is -2.05. The molecule has 8 heteroatoms. The first-order valence-corrected chi connectivity index (χ1v) is 20.8. The summed E-state index contributed by atoms with van der Waals surface area (Å²) >= 11 is 0. The molecule has 0 radical (unpaired) electrons. The Hall–Kier alpha value is -2.84. The highest BCUT2D eigenvalue weighted by Gasteiger charge is 2.20. The zero-order chi connectivity index (χ0) is 32.6. The topological polar surface area (TPSA) is 94.6 Å². The highest BCUT2D eigenvalue weighted by atomic mass is 32.2. The van der Waals surface area contributed by atoms with Crippen molar-refractivity contribution in [1.29, 1.82) is 0 Å². The molecule has 0 amide bonds. The lowest BCUT2D eigenvalue weighted by Crippen LogP contribution is -2.06. The van der Waals surface area contributed by atoms with E-state index in [2.05, 4.69) is 13.8 Å². The molecule has 0 aliphatic carbocycles. The molecular formula is C38H50O6S2. The summed E-state index contributed by atoms with van der Waals surface area (Å²) in [7, 11) is -6.81. The first-order chi connectivity index (χ1) is 22.2. The molecule has 0 saturated heterocycles. The molecule has 5 aromatic rings. The molecular weight excluding hydrogens is 617 g/mol. The van der Waals surface area contributed by atoms with E-state index in [4.69, 9.17) is 8.83 Å². The second kappa shape index (κ2) is 15.8. The van der Waals surface area contributed by atoms with Crippen LogP contribution < -0.4 is 0 Å². The molecule has 5 rings (SSSR count). The smallest absolute Gasteiger partial charge is 0.178 e. The van der Waals surface area contributed by atoms with Gasteiger partial charge in [-0.3, -0.25) is 0 Å². The van der Waals surface area contributed by atoms with Crippen LogP contribution in [0.25, 0.3) is 43.9 Å². The van der Waals surface area contributed by atoms with Crippen LogP contribution in [-0.4, -0.2) is 28.3 Å². The molecule has 0 unspecified atom stereocenters. The number of unbranched alkanes of at least 4 members (excludes halogenated alkanes) is 14. The van der Waals surface area contributed by atoms with E-state index in [9.17, 15) is 16.8 Å². The maximum Gasteiger partial charge on any atom is 0.178 e. The monoisotopic (exact) mass is 666 g/mol. The summed E-state index contributed by atoms with van der Waals surface area (Å²) in [6.07, 6.45) is 17.7. The van der Waals surface area contributed by atoms with Crippen LogP contribution in [0.3, 0.4) is 0 Å². The Labute approximate surface area is 274 Å². The number of sulfone groups is 2. The molecule has 6 nitrogen and oxygen atoms in total. The van der Waals surface area contributed by atoms with Crippen LogP contribution in [0.4, 0.5) is 0 Å². The number of hydrogen-bond donors (Lipinski definition) is 0. The van der Waals surface area contributed by atoms with Crippen LogP contribution >= 0.6 is 0 Å². The minimum Gasteiger partial charge on any atom is -0.456 e. The number of hydrogen-bond acceptors (Lipinski definition) is 6. The zero-order valence-electron chi connectivity index (χ0n) is 27.6. The summed E-state index contributed by atoms with van der Waals surface area (Å²) in [5.41, 5.74) is 2.32. The van der Waals surface area contributed by atoms with E-state index >= 15 is 0 Å². The summed E-state index contributed by atoms with van der Waals surface area (Å²) < 4.78 is 64.7. The van der Waals surface area contributed by atoms with Gasteiger partial charge in [-0.15, -0.1) is 0 Å². The summed E-state index contributed by atoms with van der Waals surface area (Å²) in [5, 5.41) is 3.29. The standard InChI is InChI=1S/C38H50O6S2/c1-3-5-7-9-11-13-15-17-23-45(39,40)29-19-21-31-33-27-38-34(28-37(33)43-35(31)25-29)32-22-20-30(26-36(32)44-38)46(41,42)24-18-16-14-12-10-8-6-4-2/h19-22,25-28H,3-18,23-24H2,1-2H3. The van der Waals surface area contributed by atoms with E-state index in [0.717, 1.165) is 47.2 Å². The van der Waals surface area contributed by atoms with Gasteiger partial charge in [0.25, 0.3) is 0 Å². The number of furan rings is 2. The molecule has 0 aliphatic heterocycles. The lowest BCUT2D eigenvalue weighted by molar-refractivity contribution is 0.572. The van der Waals surface area contributed by atoms with E-state index in [-0.39, 0.29) is 21.3 Å². The zero-order valence-corrected chi connectivity index (χ0v) is 29.2.